The number of carbonyl (C=O) groups is 1. The zero-order valence-electron chi connectivity index (χ0n) is 15.9. The highest BCUT2D eigenvalue weighted by Crippen LogP contribution is 2.40. The van der Waals surface area contributed by atoms with Crippen LogP contribution in [0.5, 0.6) is 0 Å². The topological polar surface area (TPSA) is 111 Å². The molecule has 0 spiro atoms. The molecule has 3 aromatic rings. The van der Waals surface area contributed by atoms with E-state index in [9.17, 15) is 10.1 Å². The van der Waals surface area contributed by atoms with E-state index in [2.05, 4.69) is 27.5 Å². The Morgan fingerprint density at radius 1 is 1.44 bits per heavy atom. The lowest BCUT2D eigenvalue weighted by Gasteiger charge is -2.08. The van der Waals surface area contributed by atoms with E-state index in [0.717, 1.165) is 4.57 Å². The maximum absolute atomic E-state index is 11.3. The van der Waals surface area contributed by atoms with Crippen LogP contribution in [0.25, 0.3) is 27.7 Å². The highest BCUT2D eigenvalue weighted by molar-refractivity contribution is 9.10. The molecule has 0 aliphatic carbocycles. The molecule has 0 saturated heterocycles. The molecule has 0 atom stereocenters. The van der Waals surface area contributed by atoms with Crippen molar-refractivity contribution in [3.05, 3.63) is 52.6 Å². The molecule has 0 aliphatic rings. The van der Waals surface area contributed by atoms with Crippen LogP contribution in [0.2, 0.25) is 0 Å². The number of aromatic nitrogens is 2. The third-order valence-corrected chi connectivity index (χ3v) is 4.65. The molecule has 7 heteroatoms. The predicted octanol–water partition coefficient (Wildman–Crippen LogP) is 2.96. The van der Waals surface area contributed by atoms with Crippen LogP contribution in [0.1, 0.15) is 15.2 Å². The van der Waals surface area contributed by atoms with Crippen molar-refractivity contribution in [1.29, 1.82) is 5.26 Å². The van der Waals surface area contributed by atoms with Gasteiger partial charge >= 0.3 is 0 Å². The van der Waals surface area contributed by atoms with Gasteiger partial charge < -0.3 is 16.0 Å². The fourth-order valence-corrected chi connectivity index (χ4v) is 3.40. The second-order valence-electron chi connectivity index (χ2n) is 5.31. The zero-order valence-corrected chi connectivity index (χ0v) is 14.5. The molecule has 0 aliphatic heterocycles. The van der Waals surface area contributed by atoms with Gasteiger partial charge in [-0.3, -0.25) is 4.79 Å². The maximum atomic E-state index is 11.3. The van der Waals surface area contributed by atoms with Crippen LogP contribution in [0, 0.1) is 11.3 Å². The van der Waals surface area contributed by atoms with Gasteiger partial charge in [-0.05, 0) is 27.1 Å². The number of fused-ring (bicyclic) bond motifs is 1. The third kappa shape index (κ3) is 2.57. The Morgan fingerprint density at radius 3 is 2.68 bits per heavy atom. The maximum Gasteiger partial charge on any atom is 0.248 e. The van der Waals surface area contributed by atoms with Crippen LogP contribution < -0.4 is 11.5 Å². The van der Waals surface area contributed by atoms with Crippen molar-refractivity contribution < 1.29 is 8.91 Å². The molecular formula is C18H14BrN5O. The number of rotatable bonds is 3. The van der Waals surface area contributed by atoms with E-state index >= 15 is 0 Å². The summed E-state index contributed by atoms with van der Waals surface area (Å²) in [4.78, 5) is 15.3. The summed E-state index contributed by atoms with van der Waals surface area (Å²) < 4.78 is 25.5. The van der Waals surface area contributed by atoms with E-state index in [0.29, 0.717) is 26.7 Å². The number of amides is 1. The summed E-state index contributed by atoms with van der Waals surface area (Å²) in [5.41, 5.74) is 13.0. The number of primary amides is 1. The fraction of sp³-hybridized carbons (Fsp3) is 0.0556. The Hall–Kier alpha value is -3.11. The molecule has 2 aromatic heterocycles. The molecule has 0 unspecified atom stereocenters. The van der Waals surface area contributed by atoms with E-state index in [1.54, 1.807) is 24.3 Å². The summed E-state index contributed by atoms with van der Waals surface area (Å²) in [6.07, 6.45) is 1.25. The van der Waals surface area contributed by atoms with Gasteiger partial charge in [0.15, 0.2) is 0 Å². The SMILES string of the molecule is [2H]C([2H])([2H])n1c(-c2ccc(C(=C)C(N)=O)cc2)c(Br)c2c(N)ncc(C#N)c21. The highest BCUT2D eigenvalue weighted by Gasteiger charge is 2.20. The van der Waals surface area contributed by atoms with Crippen LogP contribution in [-0.2, 0) is 11.8 Å². The first kappa shape index (κ1) is 13.2. The molecule has 0 bridgehead atoms. The summed E-state index contributed by atoms with van der Waals surface area (Å²) >= 11 is 3.42. The summed E-state index contributed by atoms with van der Waals surface area (Å²) in [6.45, 7) is 1.04. The van der Waals surface area contributed by atoms with E-state index in [-0.39, 0.29) is 22.5 Å². The lowest BCUT2D eigenvalue weighted by atomic mass is 10.0. The third-order valence-electron chi connectivity index (χ3n) is 3.88. The van der Waals surface area contributed by atoms with E-state index in [4.69, 9.17) is 15.6 Å². The minimum atomic E-state index is -2.59. The van der Waals surface area contributed by atoms with Gasteiger partial charge in [-0.15, -0.1) is 0 Å². The zero-order chi connectivity index (χ0) is 20.8. The van der Waals surface area contributed by atoms with Gasteiger partial charge in [0.2, 0.25) is 5.91 Å². The number of benzene rings is 1. The van der Waals surface area contributed by atoms with E-state index < -0.39 is 12.9 Å². The van der Waals surface area contributed by atoms with Crippen molar-refractivity contribution in [3.63, 3.8) is 0 Å². The molecule has 1 amide bonds. The van der Waals surface area contributed by atoms with Crippen LogP contribution in [0.4, 0.5) is 5.82 Å². The number of anilines is 1. The Balaban J connectivity index is 2.37. The Morgan fingerprint density at radius 2 is 2.12 bits per heavy atom. The standard InChI is InChI=1S/C18H14BrN5O/c1-9(18(22)25)10-3-5-11(6-4-10)16-14(19)13-15(24(16)2)12(7-20)8-23-17(13)21/h3-6,8H,1H2,2H3,(H2,21,23)(H2,22,25)/i2D3. The number of hydrogen-bond donors (Lipinski definition) is 2. The van der Waals surface area contributed by atoms with Crippen molar-refractivity contribution >= 4 is 44.1 Å². The average molecular weight is 399 g/mol. The van der Waals surface area contributed by atoms with Crippen molar-refractivity contribution in [2.75, 3.05) is 5.73 Å². The Kier molecular flexibility index (Phi) is 3.21. The number of halogens is 1. The number of nitrogen functional groups attached to an aromatic ring is 1. The van der Waals surface area contributed by atoms with Gasteiger partial charge in [0.1, 0.15) is 11.9 Å². The molecule has 0 saturated carbocycles. The number of carbonyl (C=O) groups excluding carboxylic acids is 1. The predicted molar refractivity (Wildman–Crippen MR) is 101 cm³/mol. The van der Waals surface area contributed by atoms with Crippen LogP contribution >= 0.6 is 15.9 Å². The van der Waals surface area contributed by atoms with Gasteiger partial charge in [-0.2, -0.15) is 5.26 Å². The second kappa shape index (κ2) is 6.07. The largest absolute Gasteiger partial charge is 0.383 e. The number of nitrogens with two attached hydrogens (primary N) is 2. The molecule has 3 rings (SSSR count). The average Bonchev–Trinajstić information content (AvgIpc) is 2.96. The molecule has 6 nitrogen and oxygen atoms in total. The van der Waals surface area contributed by atoms with E-state index in [1.165, 1.54) is 6.20 Å². The summed E-state index contributed by atoms with van der Waals surface area (Å²) in [5.74, 6) is -0.549. The van der Waals surface area contributed by atoms with Crippen LogP contribution in [-0.4, -0.2) is 15.5 Å². The second-order valence-corrected chi connectivity index (χ2v) is 6.10. The molecule has 25 heavy (non-hydrogen) atoms. The minimum Gasteiger partial charge on any atom is -0.383 e. The van der Waals surface area contributed by atoms with E-state index in [1.807, 2.05) is 6.07 Å². The van der Waals surface area contributed by atoms with Gasteiger partial charge in [-0.25, -0.2) is 4.98 Å². The monoisotopic (exact) mass is 398 g/mol. The quantitative estimate of drug-likeness (QED) is 0.660. The Bertz CT molecular complexity index is 1170. The summed E-state index contributed by atoms with van der Waals surface area (Å²) in [7, 11) is 0. The number of pyridine rings is 1. The van der Waals surface area contributed by atoms with Gasteiger partial charge in [0.05, 0.1) is 26.6 Å². The van der Waals surface area contributed by atoms with Crippen molar-refractivity contribution in [1.82, 2.24) is 9.55 Å². The van der Waals surface area contributed by atoms with Crippen molar-refractivity contribution in [2.24, 2.45) is 12.7 Å². The molecular weight excluding hydrogens is 382 g/mol. The highest BCUT2D eigenvalue weighted by atomic mass is 79.9. The summed E-state index contributed by atoms with van der Waals surface area (Å²) in [6, 6.07) is 8.47. The molecule has 4 N–H and O–H groups in total. The molecule has 1 aromatic carbocycles. The number of hydrogen-bond acceptors (Lipinski definition) is 4. The van der Waals surface area contributed by atoms with Gasteiger partial charge in [0, 0.05) is 22.9 Å². The first-order valence-corrected chi connectivity index (χ1v) is 7.85. The molecule has 124 valence electrons. The van der Waals surface area contributed by atoms with Gasteiger partial charge in [-0.1, -0.05) is 30.8 Å². The van der Waals surface area contributed by atoms with Crippen LogP contribution in [0.3, 0.4) is 0 Å². The summed E-state index contributed by atoms with van der Waals surface area (Å²) in [5, 5.41) is 9.78. The lowest BCUT2D eigenvalue weighted by Crippen LogP contribution is -2.11. The smallest absolute Gasteiger partial charge is 0.248 e. The molecule has 0 fully saturated rings. The van der Waals surface area contributed by atoms with Crippen LogP contribution in [0.15, 0.2) is 41.5 Å². The number of aryl methyl sites for hydroxylation is 1. The number of nitriles is 1. The minimum absolute atomic E-state index is 0.0889. The first-order chi connectivity index (χ1) is 13.1. The van der Waals surface area contributed by atoms with Gasteiger partial charge in [0.25, 0.3) is 0 Å². The molecule has 2 heterocycles. The molecule has 0 radical (unpaired) electrons. The fourth-order valence-electron chi connectivity index (χ4n) is 2.60. The van der Waals surface area contributed by atoms with Crippen molar-refractivity contribution in [3.8, 4) is 17.3 Å². The first-order valence-electron chi connectivity index (χ1n) is 8.56. The van der Waals surface area contributed by atoms with Crippen molar-refractivity contribution in [2.45, 2.75) is 0 Å². The number of nitrogens with zero attached hydrogens (tertiary/aromatic N) is 3. The normalized spacial score (nSPS) is 12.9. The Labute approximate surface area is 156 Å². The lowest BCUT2D eigenvalue weighted by molar-refractivity contribution is -0.112.